The molecule has 3 rings (SSSR count). The van der Waals surface area contributed by atoms with E-state index in [1.54, 1.807) is 27.5 Å². The summed E-state index contributed by atoms with van der Waals surface area (Å²) in [4.78, 5) is 4.56. The van der Waals surface area contributed by atoms with Gasteiger partial charge in [0.1, 0.15) is 5.75 Å². The molecule has 0 bridgehead atoms. The first-order valence-corrected chi connectivity index (χ1v) is 9.84. The molecule has 0 unspecified atom stereocenters. The van der Waals surface area contributed by atoms with Crippen molar-refractivity contribution in [1.29, 1.82) is 0 Å². The van der Waals surface area contributed by atoms with Gasteiger partial charge in [0.2, 0.25) is 10.9 Å². The second kappa shape index (κ2) is 9.79. The van der Waals surface area contributed by atoms with Gasteiger partial charge in [-0.3, -0.25) is 5.43 Å². The van der Waals surface area contributed by atoms with Gasteiger partial charge in [-0.1, -0.05) is 0 Å². The molecule has 0 aliphatic rings. The van der Waals surface area contributed by atoms with Crippen LogP contribution >= 0.6 is 11.3 Å². The third-order valence-electron chi connectivity index (χ3n) is 4.04. The number of methoxy groups -OCH3 is 3. The summed E-state index contributed by atoms with van der Waals surface area (Å²) in [5.74, 6) is 2.56. The van der Waals surface area contributed by atoms with Crippen molar-refractivity contribution in [1.82, 2.24) is 4.98 Å². The quantitative estimate of drug-likeness (QED) is 0.406. The summed E-state index contributed by atoms with van der Waals surface area (Å²) in [5, 5.41) is 6.94. The molecule has 29 heavy (non-hydrogen) atoms. The van der Waals surface area contributed by atoms with Crippen LogP contribution in [0.15, 0.2) is 46.9 Å². The monoisotopic (exact) mass is 413 g/mol. The number of anilines is 1. The molecule has 1 aromatic heterocycles. The molecule has 0 amide bonds. The van der Waals surface area contributed by atoms with Gasteiger partial charge >= 0.3 is 0 Å². The summed E-state index contributed by atoms with van der Waals surface area (Å²) < 4.78 is 21.6. The minimum atomic E-state index is 0.516. The van der Waals surface area contributed by atoms with Gasteiger partial charge in [0.25, 0.3) is 0 Å². The molecule has 2 aromatic carbocycles. The van der Waals surface area contributed by atoms with Gasteiger partial charge < -0.3 is 18.9 Å². The van der Waals surface area contributed by atoms with Crippen LogP contribution in [0, 0.1) is 0 Å². The molecule has 1 N–H and O–H groups in total. The zero-order valence-corrected chi connectivity index (χ0v) is 17.6. The predicted octanol–water partition coefficient (Wildman–Crippen LogP) is 4.68. The molecule has 0 atom stereocenters. The predicted molar refractivity (Wildman–Crippen MR) is 116 cm³/mol. The van der Waals surface area contributed by atoms with Crippen LogP contribution in [-0.2, 0) is 0 Å². The van der Waals surface area contributed by atoms with E-state index in [1.165, 1.54) is 11.3 Å². The number of aromatic nitrogens is 1. The van der Waals surface area contributed by atoms with Gasteiger partial charge in [-0.2, -0.15) is 5.10 Å². The summed E-state index contributed by atoms with van der Waals surface area (Å²) >= 11 is 1.48. The number of hydrogen-bond donors (Lipinski definition) is 1. The Bertz CT molecular complexity index is 945. The Morgan fingerprint density at radius 2 is 1.72 bits per heavy atom. The third-order valence-corrected chi connectivity index (χ3v) is 4.78. The van der Waals surface area contributed by atoms with Gasteiger partial charge in [0.15, 0.2) is 11.5 Å². The van der Waals surface area contributed by atoms with Crippen molar-refractivity contribution in [3.8, 4) is 34.3 Å². The summed E-state index contributed by atoms with van der Waals surface area (Å²) in [5.41, 5.74) is 5.66. The molecule has 7 nitrogen and oxygen atoms in total. The first-order valence-electron chi connectivity index (χ1n) is 8.96. The molecule has 8 heteroatoms. The second-order valence-electron chi connectivity index (χ2n) is 5.82. The lowest BCUT2D eigenvalue weighted by Gasteiger charge is -2.14. The highest BCUT2D eigenvalue weighted by molar-refractivity contribution is 7.14. The summed E-state index contributed by atoms with van der Waals surface area (Å²) in [6, 6.07) is 11.4. The van der Waals surface area contributed by atoms with Crippen molar-refractivity contribution in [2.24, 2.45) is 5.10 Å². The minimum Gasteiger partial charge on any atom is -0.497 e. The lowest BCUT2D eigenvalue weighted by Crippen LogP contribution is -2.00. The van der Waals surface area contributed by atoms with Crippen LogP contribution in [0.2, 0.25) is 0 Å². The normalized spacial score (nSPS) is 10.8. The van der Waals surface area contributed by atoms with E-state index in [1.807, 2.05) is 48.7 Å². The van der Waals surface area contributed by atoms with Crippen LogP contribution < -0.4 is 24.4 Å². The van der Waals surface area contributed by atoms with Gasteiger partial charge in [0, 0.05) is 16.5 Å². The number of nitrogens with one attached hydrogen (secondary N) is 1. The number of ether oxygens (including phenoxy) is 4. The number of thiazole rings is 1. The molecule has 3 aromatic rings. The zero-order valence-electron chi connectivity index (χ0n) is 16.8. The van der Waals surface area contributed by atoms with E-state index in [-0.39, 0.29) is 0 Å². The van der Waals surface area contributed by atoms with Crippen molar-refractivity contribution in [2.75, 3.05) is 33.4 Å². The Balaban J connectivity index is 1.72. The van der Waals surface area contributed by atoms with Crippen molar-refractivity contribution in [2.45, 2.75) is 6.92 Å². The molecule has 0 aliphatic heterocycles. The average molecular weight is 413 g/mol. The number of hydrazone groups is 1. The molecule has 0 spiro atoms. The minimum absolute atomic E-state index is 0.516. The maximum Gasteiger partial charge on any atom is 0.203 e. The van der Waals surface area contributed by atoms with Crippen LogP contribution in [0.3, 0.4) is 0 Å². The highest BCUT2D eigenvalue weighted by Crippen LogP contribution is 2.38. The fraction of sp³-hybridized carbons (Fsp3) is 0.238. The van der Waals surface area contributed by atoms with Crippen molar-refractivity contribution >= 4 is 22.7 Å². The highest BCUT2D eigenvalue weighted by atomic mass is 32.1. The van der Waals surface area contributed by atoms with E-state index in [0.717, 1.165) is 22.6 Å². The van der Waals surface area contributed by atoms with E-state index in [2.05, 4.69) is 15.5 Å². The van der Waals surface area contributed by atoms with Crippen molar-refractivity contribution in [3.63, 3.8) is 0 Å². The van der Waals surface area contributed by atoms with Crippen LogP contribution in [0.5, 0.6) is 23.0 Å². The number of rotatable bonds is 9. The maximum atomic E-state index is 5.61. The fourth-order valence-corrected chi connectivity index (χ4v) is 3.31. The topological polar surface area (TPSA) is 74.2 Å². The SMILES string of the molecule is CCOc1c(OC)cc(/C=N/Nc2nc(-c3ccc(OC)cc3)cs2)cc1OC. The van der Waals surface area contributed by atoms with Crippen molar-refractivity contribution < 1.29 is 18.9 Å². The van der Waals surface area contributed by atoms with E-state index in [9.17, 15) is 0 Å². The largest absolute Gasteiger partial charge is 0.497 e. The summed E-state index contributed by atoms with van der Waals surface area (Å²) in [6.45, 7) is 2.43. The van der Waals surface area contributed by atoms with Gasteiger partial charge in [-0.15, -0.1) is 11.3 Å². The van der Waals surface area contributed by atoms with Gasteiger partial charge in [0.05, 0.1) is 39.8 Å². The Morgan fingerprint density at radius 3 is 2.31 bits per heavy atom. The summed E-state index contributed by atoms with van der Waals surface area (Å²) in [6.07, 6.45) is 1.68. The van der Waals surface area contributed by atoms with Crippen LogP contribution in [0.25, 0.3) is 11.3 Å². The number of hydrogen-bond acceptors (Lipinski definition) is 8. The number of nitrogens with zero attached hydrogens (tertiary/aromatic N) is 2. The molecule has 0 aliphatic carbocycles. The molecular weight excluding hydrogens is 390 g/mol. The Morgan fingerprint density at radius 1 is 1.03 bits per heavy atom. The first-order chi connectivity index (χ1) is 14.2. The maximum absolute atomic E-state index is 5.61. The molecule has 1 heterocycles. The first kappa shape index (κ1) is 20.5. The fourth-order valence-electron chi connectivity index (χ4n) is 2.64. The molecule has 0 radical (unpaired) electrons. The molecule has 152 valence electrons. The zero-order chi connectivity index (χ0) is 20.6. The standard InChI is InChI=1S/C21H23N3O4S/c1-5-28-20-18(26-3)10-14(11-19(20)27-4)12-22-24-21-23-17(13-29-21)15-6-8-16(25-2)9-7-15/h6-13H,5H2,1-4H3,(H,23,24)/b22-12+. The van der Waals surface area contributed by atoms with E-state index in [0.29, 0.717) is 29.0 Å². The lowest BCUT2D eigenvalue weighted by molar-refractivity contribution is 0.288. The van der Waals surface area contributed by atoms with Gasteiger partial charge in [-0.05, 0) is 43.3 Å². The van der Waals surface area contributed by atoms with Crippen molar-refractivity contribution in [3.05, 3.63) is 47.3 Å². The van der Waals surface area contributed by atoms with Crippen LogP contribution in [-0.4, -0.2) is 39.1 Å². The van der Waals surface area contributed by atoms with Crippen LogP contribution in [0.4, 0.5) is 5.13 Å². The average Bonchev–Trinajstić information content (AvgIpc) is 3.23. The molecule has 0 fully saturated rings. The van der Waals surface area contributed by atoms with E-state index >= 15 is 0 Å². The molecule has 0 saturated carbocycles. The Hall–Kier alpha value is -3.26. The third kappa shape index (κ3) is 4.97. The second-order valence-corrected chi connectivity index (χ2v) is 6.68. The molecular formula is C21H23N3O4S. The highest BCUT2D eigenvalue weighted by Gasteiger charge is 2.13. The Kier molecular flexibility index (Phi) is 6.91. The van der Waals surface area contributed by atoms with E-state index in [4.69, 9.17) is 18.9 Å². The molecule has 0 saturated heterocycles. The Labute approximate surface area is 173 Å². The summed E-state index contributed by atoms with van der Waals surface area (Å²) in [7, 11) is 4.83. The van der Waals surface area contributed by atoms with E-state index < -0.39 is 0 Å². The smallest absolute Gasteiger partial charge is 0.203 e. The lowest BCUT2D eigenvalue weighted by atomic mass is 10.2. The number of benzene rings is 2. The van der Waals surface area contributed by atoms with Crippen LogP contribution in [0.1, 0.15) is 12.5 Å². The van der Waals surface area contributed by atoms with Gasteiger partial charge in [-0.25, -0.2) is 4.98 Å².